The highest BCUT2D eigenvalue weighted by Crippen LogP contribution is 2.26. The molecule has 1 amide bonds. The molecule has 2 aromatic rings. The summed E-state index contributed by atoms with van der Waals surface area (Å²) in [5.41, 5.74) is 0.198. The van der Waals surface area contributed by atoms with Gasteiger partial charge in [0, 0.05) is 26.2 Å². The molecular formula is C17H23FN4O3. The lowest BCUT2D eigenvalue weighted by Crippen LogP contribution is -2.43. The predicted molar refractivity (Wildman–Crippen MR) is 91.0 cm³/mol. The number of hydrogen-bond acceptors (Lipinski definition) is 4. The summed E-state index contributed by atoms with van der Waals surface area (Å²) in [7, 11) is 1.59. The number of piperidine rings is 1. The van der Waals surface area contributed by atoms with Gasteiger partial charge in [-0.2, -0.15) is 9.37 Å². The van der Waals surface area contributed by atoms with Gasteiger partial charge in [0.25, 0.3) is 0 Å². The van der Waals surface area contributed by atoms with E-state index in [1.54, 1.807) is 22.6 Å². The molecule has 25 heavy (non-hydrogen) atoms. The number of aryl methyl sites for hydroxylation is 1. The van der Waals surface area contributed by atoms with Gasteiger partial charge in [-0.1, -0.05) is 0 Å². The molecule has 0 saturated carbocycles. The van der Waals surface area contributed by atoms with Crippen molar-refractivity contribution >= 4 is 17.3 Å². The fraction of sp³-hybridized carbons (Fsp3) is 0.588. The summed E-state index contributed by atoms with van der Waals surface area (Å²) in [5, 5.41) is 0. The van der Waals surface area contributed by atoms with Gasteiger partial charge in [0.2, 0.25) is 5.95 Å². The van der Waals surface area contributed by atoms with Gasteiger partial charge in [0.05, 0.1) is 5.52 Å². The number of halogens is 1. The molecule has 1 saturated heterocycles. The van der Waals surface area contributed by atoms with Crippen LogP contribution >= 0.6 is 0 Å². The standard InChI is InChI=1S/C17H23FN4O3/c1-17(2,3)25-16(24)21-9-7-11(8-10-21)22-12-5-6-13(18)19-14(12)20(4)15(22)23/h5-6,11H,7-10H2,1-4H3. The van der Waals surface area contributed by atoms with E-state index < -0.39 is 11.5 Å². The maximum absolute atomic E-state index is 13.4. The summed E-state index contributed by atoms with van der Waals surface area (Å²) in [6.07, 6.45) is 0.936. The third-order valence-electron chi connectivity index (χ3n) is 4.37. The Morgan fingerprint density at radius 2 is 1.92 bits per heavy atom. The summed E-state index contributed by atoms with van der Waals surface area (Å²) in [6.45, 7) is 6.52. The quantitative estimate of drug-likeness (QED) is 0.741. The molecule has 0 N–H and O–H groups in total. The molecule has 0 spiro atoms. The number of pyridine rings is 1. The minimum absolute atomic E-state index is 0.0536. The number of carbonyl (C=O) groups is 1. The lowest BCUT2D eigenvalue weighted by Gasteiger charge is -2.33. The summed E-state index contributed by atoms with van der Waals surface area (Å²) in [4.78, 5) is 30.2. The normalized spacial score (nSPS) is 16.4. The molecule has 0 aromatic carbocycles. The van der Waals surface area contributed by atoms with Crippen LogP contribution in [0.25, 0.3) is 11.2 Å². The van der Waals surface area contributed by atoms with Crippen LogP contribution in [0.1, 0.15) is 39.7 Å². The zero-order valence-electron chi connectivity index (χ0n) is 15.0. The van der Waals surface area contributed by atoms with Gasteiger partial charge in [-0.25, -0.2) is 9.59 Å². The van der Waals surface area contributed by atoms with Crippen LogP contribution in [0.3, 0.4) is 0 Å². The molecule has 8 heteroatoms. The monoisotopic (exact) mass is 350 g/mol. The minimum Gasteiger partial charge on any atom is -0.444 e. The Balaban J connectivity index is 1.80. The number of aromatic nitrogens is 3. The van der Waals surface area contributed by atoms with E-state index in [0.29, 0.717) is 37.1 Å². The Morgan fingerprint density at radius 3 is 2.52 bits per heavy atom. The number of likely N-dealkylation sites (tertiary alicyclic amines) is 1. The van der Waals surface area contributed by atoms with E-state index in [0.717, 1.165) is 0 Å². The fourth-order valence-electron chi connectivity index (χ4n) is 3.19. The molecule has 3 rings (SSSR count). The number of imidazole rings is 1. The summed E-state index contributed by atoms with van der Waals surface area (Å²) in [5.74, 6) is -0.611. The van der Waals surface area contributed by atoms with Crippen molar-refractivity contribution in [3.05, 3.63) is 28.6 Å². The first-order valence-electron chi connectivity index (χ1n) is 8.39. The summed E-state index contributed by atoms with van der Waals surface area (Å²) < 4.78 is 21.8. The first-order valence-corrected chi connectivity index (χ1v) is 8.39. The highest BCUT2D eigenvalue weighted by atomic mass is 19.1. The SMILES string of the molecule is Cn1c(=O)n(C2CCN(C(=O)OC(C)(C)C)CC2)c2ccc(F)nc21. The molecule has 136 valence electrons. The Kier molecular flexibility index (Phi) is 4.30. The molecule has 0 atom stereocenters. The van der Waals surface area contributed by atoms with Crippen LogP contribution in [0.4, 0.5) is 9.18 Å². The lowest BCUT2D eigenvalue weighted by atomic mass is 10.1. The van der Waals surface area contributed by atoms with Crippen molar-refractivity contribution in [3.8, 4) is 0 Å². The Hall–Kier alpha value is -2.38. The molecule has 1 aliphatic rings. The highest BCUT2D eigenvalue weighted by Gasteiger charge is 2.29. The van der Waals surface area contributed by atoms with Crippen LogP contribution in [-0.4, -0.2) is 43.8 Å². The van der Waals surface area contributed by atoms with Crippen molar-refractivity contribution in [1.29, 1.82) is 0 Å². The van der Waals surface area contributed by atoms with Gasteiger partial charge < -0.3 is 9.64 Å². The zero-order chi connectivity index (χ0) is 18.4. The molecule has 7 nitrogen and oxygen atoms in total. The molecule has 0 unspecified atom stereocenters. The number of nitrogens with zero attached hydrogens (tertiary/aromatic N) is 4. The topological polar surface area (TPSA) is 69.4 Å². The highest BCUT2D eigenvalue weighted by molar-refractivity contribution is 5.71. The molecule has 2 aromatic heterocycles. The van der Waals surface area contributed by atoms with Gasteiger partial charge in [0.1, 0.15) is 5.60 Å². The average molecular weight is 350 g/mol. The van der Waals surface area contributed by atoms with Gasteiger partial charge in [-0.05, 0) is 45.7 Å². The molecule has 0 bridgehead atoms. The van der Waals surface area contributed by atoms with E-state index in [4.69, 9.17) is 4.74 Å². The van der Waals surface area contributed by atoms with Gasteiger partial charge >= 0.3 is 11.8 Å². The number of rotatable bonds is 1. The maximum Gasteiger partial charge on any atom is 0.410 e. The zero-order valence-corrected chi connectivity index (χ0v) is 15.0. The molecule has 0 radical (unpaired) electrons. The van der Waals surface area contributed by atoms with Crippen LogP contribution in [0, 0.1) is 5.95 Å². The molecular weight excluding hydrogens is 327 g/mol. The van der Waals surface area contributed by atoms with Crippen LogP contribution in [0.2, 0.25) is 0 Å². The Labute approximate surface area is 145 Å². The summed E-state index contributed by atoms with van der Waals surface area (Å²) in [6, 6.07) is 2.79. The maximum atomic E-state index is 13.4. The number of carbonyl (C=O) groups excluding carboxylic acids is 1. The van der Waals surface area contributed by atoms with Crippen LogP contribution in [0.5, 0.6) is 0 Å². The predicted octanol–water partition coefficient (Wildman–Crippen LogP) is 2.45. The second-order valence-electron chi connectivity index (χ2n) is 7.39. The van der Waals surface area contributed by atoms with E-state index in [-0.39, 0.29) is 17.8 Å². The smallest absolute Gasteiger partial charge is 0.410 e. The van der Waals surface area contributed by atoms with Crippen molar-refractivity contribution < 1.29 is 13.9 Å². The number of hydrogen-bond donors (Lipinski definition) is 0. The number of amides is 1. The van der Waals surface area contributed by atoms with Gasteiger partial charge in [-0.3, -0.25) is 9.13 Å². The number of ether oxygens (including phenoxy) is 1. The Bertz CT molecular complexity index is 857. The largest absolute Gasteiger partial charge is 0.444 e. The third-order valence-corrected chi connectivity index (χ3v) is 4.37. The molecule has 3 heterocycles. The van der Waals surface area contributed by atoms with E-state index in [1.807, 2.05) is 20.8 Å². The van der Waals surface area contributed by atoms with E-state index in [1.165, 1.54) is 10.6 Å². The van der Waals surface area contributed by atoms with E-state index in [2.05, 4.69) is 4.98 Å². The van der Waals surface area contributed by atoms with Crippen molar-refractivity contribution in [3.63, 3.8) is 0 Å². The van der Waals surface area contributed by atoms with E-state index in [9.17, 15) is 14.0 Å². The molecule has 1 aliphatic heterocycles. The second kappa shape index (κ2) is 6.16. The summed E-state index contributed by atoms with van der Waals surface area (Å²) >= 11 is 0. The van der Waals surface area contributed by atoms with Crippen molar-refractivity contribution in [2.24, 2.45) is 7.05 Å². The van der Waals surface area contributed by atoms with Gasteiger partial charge in [0.15, 0.2) is 5.65 Å². The molecule has 0 aliphatic carbocycles. The lowest BCUT2D eigenvalue weighted by molar-refractivity contribution is 0.0188. The first kappa shape index (κ1) is 17.4. The minimum atomic E-state index is -0.611. The fourth-order valence-corrected chi connectivity index (χ4v) is 3.19. The van der Waals surface area contributed by atoms with Crippen LogP contribution in [0.15, 0.2) is 16.9 Å². The molecule has 1 fully saturated rings. The van der Waals surface area contributed by atoms with Crippen LogP contribution in [-0.2, 0) is 11.8 Å². The number of fused-ring (bicyclic) bond motifs is 1. The van der Waals surface area contributed by atoms with Crippen molar-refractivity contribution in [2.75, 3.05) is 13.1 Å². The third kappa shape index (κ3) is 3.38. The average Bonchev–Trinajstić information content (AvgIpc) is 2.77. The van der Waals surface area contributed by atoms with E-state index >= 15 is 0 Å². The first-order chi connectivity index (χ1) is 11.7. The second-order valence-corrected chi connectivity index (χ2v) is 7.39. The van der Waals surface area contributed by atoms with Crippen molar-refractivity contribution in [2.45, 2.75) is 45.3 Å². The van der Waals surface area contributed by atoms with Crippen molar-refractivity contribution in [1.82, 2.24) is 19.0 Å². The van der Waals surface area contributed by atoms with Gasteiger partial charge in [-0.15, -0.1) is 0 Å². The van der Waals surface area contributed by atoms with Crippen LogP contribution < -0.4 is 5.69 Å². The Morgan fingerprint density at radius 1 is 1.28 bits per heavy atom.